The van der Waals surface area contributed by atoms with Crippen LogP contribution in [-0.2, 0) is 0 Å². The lowest BCUT2D eigenvalue weighted by atomic mass is 9.88. The summed E-state index contributed by atoms with van der Waals surface area (Å²) in [7, 11) is 0. The molecule has 3 aromatic heterocycles. The number of anilines is 1. The Labute approximate surface area is 187 Å². The summed E-state index contributed by atoms with van der Waals surface area (Å²) < 4.78 is 1.73. The highest BCUT2D eigenvalue weighted by Gasteiger charge is 2.41. The number of aromatic nitrogens is 4. The summed E-state index contributed by atoms with van der Waals surface area (Å²) in [5.41, 5.74) is 18.3. The van der Waals surface area contributed by atoms with Crippen LogP contribution in [0.1, 0.15) is 37.3 Å². The Hall–Kier alpha value is -3.29. The fourth-order valence-electron chi connectivity index (χ4n) is 5.57. The van der Waals surface area contributed by atoms with E-state index in [1.54, 1.807) is 4.52 Å². The SMILES string of the molecule is NCN1C2CC[C@H]1CC(c1cc(N)n3ncc(-c4ccc(-c5ccccc5)nc4)c3n1)C2. The molecule has 0 amide bonds. The van der Waals surface area contributed by atoms with Gasteiger partial charge in [-0.15, -0.1) is 0 Å². The molecule has 2 aliphatic heterocycles. The second-order valence-corrected chi connectivity index (χ2v) is 8.95. The molecule has 162 valence electrons. The molecule has 2 bridgehead atoms. The summed E-state index contributed by atoms with van der Waals surface area (Å²) in [6.07, 6.45) is 8.37. The minimum atomic E-state index is 0.406. The van der Waals surface area contributed by atoms with Gasteiger partial charge in [0, 0.05) is 59.3 Å². The van der Waals surface area contributed by atoms with Gasteiger partial charge in [0.05, 0.1) is 11.9 Å². The molecule has 7 heteroatoms. The van der Waals surface area contributed by atoms with Gasteiger partial charge in [-0.2, -0.15) is 9.61 Å². The maximum Gasteiger partial charge on any atom is 0.165 e. The Bertz CT molecular complexity index is 1230. The van der Waals surface area contributed by atoms with E-state index in [4.69, 9.17) is 16.5 Å². The summed E-state index contributed by atoms with van der Waals surface area (Å²) in [4.78, 5) is 12.2. The highest BCUT2D eigenvalue weighted by molar-refractivity contribution is 5.78. The number of fused-ring (bicyclic) bond motifs is 3. The molecule has 1 aromatic carbocycles. The van der Waals surface area contributed by atoms with Gasteiger partial charge >= 0.3 is 0 Å². The van der Waals surface area contributed by atoms with Crippen LogP contribution in [-0.4, -0.2) is 43.2 Å². The third-order valence-electron chi connectivity index (χ3n) is 7.18. The van der Waals surface area contributed by atoms with Crippen molar-refractivity contribution in [2.24, 2.45) is 5.73 Å². The number of nitrogens with two attached hydrogens (primary N) is 2. The number of hydrogen-bond donors (Lipinski definition) is 2. The molecule has 0 aliphatic carbocycles. The molecule has 2 unspecified atom stereocenters. The zero-order chi connectivity index (χ0) is 21.7. The van der Waals surface area contributed by atoms with Crippen LogP contribution in [0.4, 0.5) is 5.82 Å². The second kappa shape index (κ2) is 7.69. The number of benzene rings is 1. The Morgan fingerprint density at radius 3 is 2.41 bits per heavy atom. The highest BCUT2D eigenvalue weighted by atomic mass is 15.3. The number of pyridine rings is 1. The van der Waals surface area contributed by atoms with Crippen molar-refractivity contribution in [3.8, 4) is 22.4 Å². The van der Waals surface area contributed by atoms with Crippen LogP contribution in [0, 0.1) is 0 Å². The molecule has 3 atom stereocenters. The molecule has 32 heavy (non-hydrogen) atoms. The largest absolute Gasteiger partial charge is 0.384 e. The molecule has 0 saturated carbocycles. The van der Waals surface area contributed by atoms with Crippen molar-refractivity contribution < 1.29 is 0 Å². The van der Waals surface area contributed by atoms with E-state index in [1.165, 1.54) is 12.8 Å². The van der Waals surface area contributed by atoms with Crippen LogP contribution < -0.4 is 11.5 Å². The maximum absolute atomic E-state index is 6.41. The van der Waals surface area contributed by atoms with Gasteiger partial charge in [-0.1, -0.05) is 36.4 Å². The minimum Gasteiger partial charge on any atom is -0.384 e. The zero-order valence-corrected chi connectivity index (χ0v) is 17.9. The fraction of sp³-hybridized carbons (Fsp3) is 0.320. The first kappa shape index (κ1) is 19.4. The minimum absolute atomic E-state index is 0.406. The Morgan fingerprint density at radius 1 is 0.938 bits per heavy atom. The molecule has 4 N–H and O–H groups in total. The standard InChI is InChI=1S/C25H27N7/c26-15-31-19-7-8-20(31)11-18(10-19)23-12-24(27)32-25(30-23)21(14-29-32)17-6-9-22(28-13-17)16-4-2-1-3-5-16/h1-6,9,12-14,18-20H,7-8,10-11,15,26-27H2/t18?,19-,20?/m0/s1. The first-order valence-electron chi connectivity index (χ1n) is 11.3. The van der Waals surface area contributed by atoms with Gasteiger partial charge in [0.15, 0.2) is 5.65 Å². The van der Waals surface area contributed by atoms with E-state index < -0.39 is 0 Å². The lowest BCUT2D eigenvalue weighted by Crippen LogP contribution is -2.45. The normalized spacial score (nSPS) is 23.1. The van der Waals surface area contributed by atoms with Gasteiger partial charge in [-0.25, -0.2) is 4.98 Å². The number of piperidine rings is 1. The number of nitrogens with zero attached hydrogens (tertiary/aromatic N) is 5. The van der Waals surface area contributed by atoms with Crippen molar-refractivity contribution in [1.82, 2.24) is 24.5 Å². The van der Waals surface area contributed by atoms with Gasteiger partial charge in [0.25, 0.3) is 0 Å². The van der Waals surface area contributed by atoms with Crippen LogP contribution in [0.5, 0.6) is 0 Å². The Kier molecular flexibility index (Phi) is 4.66. The van der Waals surface area contributed by atoms with Crippen molar-refractivity contribution in [2.45, 2.75) is 43.7 Å². The van der Waals surface area contributed by atoms with Crippen LogP contribution in [0.2, 0.25) is 0 Å². The average molecular weight is 426 g/mol. The van der Waals surface area contributed by atoms with E-state index in [2.05, 4.69) is 33.2 Å². The van der Waals surface area contributed by atoms with Crippen LogP contribution in [0.3, 0.4) is 0 Å². The van der Waals surface area contributed by atoms with Crippen molar-refractivity contribution in [3.05, 3.63) is 66.6 Å². The van der Waals surface area contributed by atoms with E-state index in [1.807, 2.05) is 42.7 Å². The van der Waals surface area contributed by atoms with Crippen molar-refractivity contribution in [1.29, 1.82) is 0 Å². The topological polar surface area (TPSA) is 98.4 Å². The van der Waals surface area contributed by atoms with Crippen LogP contribution in [0.15, 0.2) is 60.9 Å². The van der Waals surface area contributed by atoms with Gasteiger partial charge in [0.1, 0.15) is 5.82 Å². The Balaban J connectivity index is 1.35. The fourth-order valence-corrected chi connectivity index (χ4v) is 5.57. The number of rotatable bonds is 4. The summed E-state index contributed by atoms with van der Waals surface area (Å²) >= 11 is 0. The van der Waals surface area contributed by atoms with Crippen molar-refractivity contribution in [2.75, 3.05) is 12.4 Å². The molecule has 5 heterocycles. The van der Waals surface area contributed by atoms with Gasteiger partial charge in [-0.3, -0.25) is 9.88 Å². The van der Waals surface area contributed by atoms with Gasteiger partial charge in [-0.05, 0) is 31.7 Å². The number of hydrogen-bond acceptors (Lipinski definition) is 6. The predicted octanol–water partition coefficient (Wildman–Crippen LogP) is 3.67. The third kappa shape index (κ3) is 3.16. The molecular formula is C25H27N7. The molecule has 4 aromatic rings. The van der Waals surface area contributed by atoms with E-state index in [0.29, 0.717) is 30.5 Å². The third-order valence-corrected chi connectivity index (χ3v) is 7.18. The highest BCUT2D eigenvalue weighted by Crippen LogP contribution is 2.42. The quantitative estimate of drug-likeness (QED) is 0.518. The zero-order valence-electron chi connectivity index (χ0n) is 17.9. The Morgan fingerprint density at radius 2 is 1.72 bits per heavy atom. The maximum atomic E-state index is 6.41. The second-order valence-electron chi connectivity index (χ2n) is 8.95. The summed E-state index contributed by atoms with van der Waals surface area (Å²) in [5, 5.41) is 4.51. The smallest absolute Gasteiger partial charge is 0.165 e. The summed E-state index contributed by atoms with van der Waals surface area (Å²) in [6, 6.07) is 17.4. The lowest BCUT2D eigenvalue weighted by molar-refractivity contribution is 0.129. The monoisotopic (exact) mass is 425 g/mol. The molecule has 0 radical (unpaired) electrons. The molecule has 6 rings (SSSR count). The average Bonchev–Trinajstić information content (AvgIpc) is 3.37. The van der Waals surface area contributed by atoms with Crippen LogP contribution in [0.25, 0.3) is 28.0 Å². The molecule has 2 saturated heterocycles. The first-order chi connectivity index (χ1) is 15.7. The van der Waals surface area contributed by atoms with E-state index in [9.17, 15) is 0 Å². The molecule has 0 spiro atoms. The van der Waals surface area contributed by atoms with Gasteiger partial charge in [0.2, 0.25) is 0 Å². The molecule has 2 aliphatic rings. The van der Waals surface area contributed by atoms with E-state index in [0.717, 1.165) is 46.6 Å². The lowest BCUT2D eigenvalue weighted by Gasteiger charge is -2.37. The predicted molar refractivity (Wildman–Crippen MR) is 126 cm³/mol. The number of nitrogen functional groups attached to an aromatic ring is 1. The van der Waals surface area contributed by atoms with Crippen molar-refractivity contribution in [3.63, 3.8) is 0 Å². The molecule has 7 nitrogen and oxygen atoms in total. The molecular weight excluding hydrogens is 398 g/mol. The van der Waals surface area contributed by atoms with E-state index >= 15 is 0 Å². The van der Waals surface area contributed by atoms with Gasteiger partial charge < -0.3 is 11.5 Å². The van der Waals surface area contributed by atoms with E-state index in [-0.39, 0.29) is 0 Å². The summed E-state index contributed by atoms with van der Waals surface area (Å²) in [5.74, 6) is 1.03. The summed E-state index contributed by atoms with van der Waals surface area (Å²) in [6.45, 7) is 0.648. The first-order valence-corrected chi connectivity index (χ1v) is 11.3. The van der Waals surface area contributed by atoms with Crippen molar-refractivity contribution >= 4 is 11.5 Å². The van der Waals surface area contributed by atoms with Crippen LogP contribution >= 0.6 is 0 Å². The molecule has 2 fully saturated rings.